The number of nitro benzene ring substituents is 1. The molecule has 3 rings (SSSR count). The van der Waals surface area contributed by atoms with E-state index in [1.165, 1.54) is 38.3 Å². The van der Waals surface area contributed by atoms with Gasteiger partial charge in [-0.15, -0.1) is 0 Å². The number of sulfonamides is 1. The van der Waals surface area contributed by atoms with Crippen LogP contribution in [0.2, 0.25) is 0 Å². The van der Waals surface area contributed by atoms with Gasteiger partial charge in [-0.1, -0.05) is 38.1 Å². The number of aryl methyl sites for hydroxylation is 3. The molecule has 0 fully saturated rings. The third-order valence-electron chi connectivity index (χ3n) is 5.88. The number of methoxy groups -OCH3 is 1. The zero-order chi connectivity index (χ0) is 26.5. The lowest BCUT2D eigenvalue weighted by Crippen LogP contribution is -2.38. The average molecular weight is 512 g/mol. The molecule has 0 aromatic heterocycles. The minimum atomic E-state index is -4.34. The number of nitrogens with one attached hydrogen (secondary N) is 1. The zero-order valence-electron chi connectivity index (χ0n) is 20.6. The van der Waals surface area contributed by atoms with Crippen LogP contribution in [0, 0.1) is 17.0 Å². The largest absolute Gasteiger partial charge is 0.497 e. The molecule has 0 aliphatic rings. The molecule has 190 valence electrons. The van der Waals surface area contributed by atoms with Crippen LogP contribution in [-0.4, -0.2) is 32.9 Å². The molecule has 0 saturated carbocycles. The maximum atomic E-state index is 13.7. The molecule has 0 radical (unpaired) electrons. The number of rotatable bonds is 10. The summed E-state index contributed by atoms with van der Waals surface area (Å²) in [5.41, 5.74) is 2.78. The van der Waals surface area contributed by atoms with Crippen molar-refractivity contribution in [3.05, 3.63) is 87.5 Å². The standard InChI is InChI=1S/C26H29N3O6S/c1-5-19-8-7-9-20(6-2)26(19)27-25(30)17-28(21-11-13-22(35-4)14-12-21)36(33,34)23-15-10-18(3)24(16-23)29(31)32/h7-16H,5-6,17H2,1-4H3,(H,27,30). The van der Waals surface area contributed by atoms with Gasteiger partial charge in [-0.2, -0.15) is 0 Å². The van der Waals surface area contributed by atoms with Crippen molar-refractivity contribution >= 4 is 33.0 Å². The van der Waals surface area contributed by atoms with E-state index in [0.29, 0.717) is 29.8 Å². The molecule has 36 heavy (non-hydrogen) atoms. The first-order valence-corrected chi connectivity index (χ1v) is 12.9. The van der Waals surface area contributed by atoms with E-state index in [2.05, 4.69) is 5.32 Å². The van der Waals surface area contributed by atoms with Gasteiger partial charge in [0, 0.05) is 17.3 Å². The molecule has 0 atom stereocenters. The number of nitrogens with zero attached hydrogens (tertiary/aromatic N) is 2. The normalized spacial score (nSPS) is 11.1. The average Bonchev–Trinajstić information content (AvgIpc) is 2.87. The first-order valence-electron chi connectivity index (χ1n) is 11.4. The number of carbonyl (C=O) groups excluding carboxylic acids is 1. The summed E-state index contributed by atoms with van der Waals surface area (Å²) < 4.78 is 33.5. The van der Waals surface area contributed by atoms with Gasteiger partial charge < -0.3 is 10.1 Å². The Morgan fingerprint density at radius 3 is 2.17 bits per heavy atom. The third-order valence-corrected chi connectivity index (χ3v) is 7.65. The molecule has 10 heteroatoms. The van der Waals surface area contributed by atoms with Gasteiger partial charge in [-0.3, -0.25) is 19.2 Å². The molecule has 0 aliphatic carbocycles. The van der Waals surface area contributed by atoms with Gasteiger partial charge in [0.1, 0.15) is 12.3 Å². The predicted octanol–water partition coefficient (Wildman–Crippen LogP) is 4.87. The summed E-state index contributed by atoms with van der Waals surface area (Å²) in [6.07, 6.45) is 1.38. The molecule has 0 unspecified atom stereocenters. The summed E-state index contributed by atoms with van der Waals surface area (Å²) in [6.45, 7) is 4.95. The van der Waals surface area contributed by atoms with Crippen LogP contribution in [0.5, 0.6) is 5.75 Å². The van der Waals surface area contributed by atoms with Gasteiger partial charge in [0.15, 0.2) is 0 Å². The Morgan fingerprint density at radius 1 is 1.03 bits per heavy atom. The Hall–Kier alpha value is -3.92. The Balaban J connectivity index is 2.05. The number of hydrogen-bond donors (Lipinski definition) is 1. The number of benzene rings is 3. The number of carbonyl (C=O) groups is 1. The summed E-state index contributed by atoms with van der Waals surface area (Å²) in [5, 5.41) is 14.3. The highest BCUT2D eigenvalue weighted by Gasteiger charge is 2.29. The molecular formula is C26H29N3O6S. The molecule has 3 aromatic rings. The van der Waals surface area contributed by atoms with Gasteiger partial charge in [0.2, 0.25) is 5.91 Å². The van der Waals surface area contributed by atoms with E-state index < -0.39 is 27.4 Å². The van der Waals surface area contributed by atoms with E-state index in [4.69, 9.17) is 4.74 Å². The second kappa shape index (κ2) is 11.2. The summed E-state index contributed by atoms with van der Waals surface area (Å²) in [7, 11) is -2.85. The van der Waals surface area contributed by atoms with Crippen LogP contribution in [0.1, 0.15) is 30.5 Å². The van der Waals surface area contributed by atoms with Crippen molar-refractivity contribution in [2.75, 3.05) is 23.3 Å². The second-order valence-electron chi connectivity index (χ2n) is 8.12. The van der Waals surface area contributed by atoms with Crippen molar-refractivity contribution in [2.45, 2.75) is 38.5 Å². The van der Waals surface area contributed by atoms with Crippen molar-refractivity contribution < 1.29 is 22.9 Å². The van der Waals surface area contributed by atoms with Crippen molar-refractivity contribution in [2.24, 2.45) is 0 Å². The molecule has 1 amide bonds. The van der Waals surface area contributed by atoms with E-state index in [1.807, 2.05) is 32.0 Å². The Morgan fingerprint density at radius 2 is 1.64 bits per heavy atom. The molecule has 0 saturated heterocycles. The summed E-state index contributed by atoms with van der Waals surface area (Å²) in [5.74, 6) is -0.0254. The van der Waals surface area contributed by atoms with Crippen molar-refractivity contribution in [3.63, 3.8) is 0 Å². The molecule has 9 nitrogen and oxygen atoms in total. The van der Waals surface area contributed by atoms with Crippen molar-refractivity contribution in [1.29, 1.82) is 0 Å². The van der Waals surface area contributed by atoms with Gasteiger partial charge >= 0.3 is 0 Å². The Kier molecular flexibility index (Phi) is 8.31. The number of anilines is 2. The lowest BCUT2D eigenvalue weighted by molar-refractivity contribution is -0.385. The molecule has 3 aromatic carbocycles. The quantitative estimate of drug-likeness (QED) is 0.306. The fourth-order valence-electron chi connectivity index (χ4n) is 3.85. The topological polar surface area (TPSA) is 119 Å². The van der Waals surface area contributed by atoms with Crippen LogP contribution >= 0.6 is 0 Å². The van der Waals surface area contributed by atoms with Crippen LogP contribution in [0.4, 0.5) is 17.1 Å². The highest BCUT2D eigenvalue weighted by atomic mass is 32.2. The fourth-order valence-corrected chi connectivity index (χ4v) is 5.29. The monoisotopic (exact) mass is 511 g/mol. The van der Waals surface area contributed by atoms with E-state index >= 15 is 0 Å². The van der Waals surface area contributed by atoms with Crippen LogP contribution in [0.3, 0.4) is 0 Å². The SMILES string of the molecule is CCc1cccc(CC)c1NC(=O)CN(c1ccc(OC)cc1)S(=O)(=O)c1ccc(C)c([N+](=O)[O-])c1. The van der Waals surface area contributed by atoms with Gasteiger partial charge in [0.25, 0.3) is 15.7 Å². The van der Waals surface area contributed by atoms with Crippen LogP contribution < -0.4 is 14.4 Å². The first kappa shape index (κ1) is 26.7. The van der Waals surface area contributed by atoms with Crippen LogP contribution in [0.15, 0.2) is 65.6 Å². The smallest absolute Gasteiger partial charge is 0.273 e. The van der Waals surface area contributed by atoms with Crippen LogP contribution in [-0.2, 0) is 27.7 Å². The minimum Gasteiger partial charge on any atom is -0.497 e. The Labute approximate surface area is 210 Å². The molecule has 0 bridgehead atoms. The lowest BCUT2D eigenvalue weighted by atomic mass is 10.0. The highest BCUT2D eigenvalue weighted by molar-refractivity contribution is 7.92. The molecular weight excluding hydrogens is 482 g/mol. The number of ether oxygens (including phenoxy) is 1. The van der Waals surface area contributed by atoms with E-state index in [1.54, 1.807) is 12.1 Å². The molecule has 1 N–H and O–H groups in total. The maximum absolute atomic E-state index is 13.7. The minimum absolute atomic E-state index is 0.216. The van der Waals surface area contributed by atoms with Gasteiger partial charge in [0.05, 0.1) is 22.6 Å². The highest BCUT2D eigenvalue weighted by Crippen LogP contribution is 2.29. The first-order chi connectivity index (χ1) is 17.1. The van der Waals surface area contributed by atoms with Crippen LogP contribution in [0.25, 0.3) is 0 Å². The molecule has 0 heterocycles. The van der Waals surface area contributed by atoms with E-state index in [9.17, 15) is 23.3 Å². The number of amides is 1. The third kappa shape index (κ3) is 5.65. The summed E-state index contributed by atoms with van der Waals surface area (Å²) in [4.78, 5) is 23.7. The van der Waals surface area contributed by atoms with E-state index in [-0.39, 0.29) is 16.3 Å². The Bertz CT molecular complexity index is 1350. The number of para-hydroxylation sites is 1. The summed E-state index contributed by atoms with van der Waals surface area (Å²) >= 11 is 0. The van der Waals surface area contributed by atoms with Crippen molar-refractivity contribution in [3.8, 4) is 5.75 Å². The maximum Gasteiger partial charge on any atom is 0.273 e. The van der Waals surface area contributed by atoms with E-state index in [0.717, 1.165) is 21.5 Å². The van der Waals surface area contributed by atoms with Crippen molar-refractivity contribution in [1.82, 2.24) is 0 Å². The fraction of sp³-hybridized carbons (Fsp3) is 0.269. The zero-order valence-corrected chi connectivity index (χ0v) is 21.5. The molecule has 0 spiro atoms. The lowest BCUT2D eigenvalue weighted by Gasteiger charge is -2.25. The second-order valence-corrected chi connectivity index (χ2v) is 9.98. The molecule has 0 aliphatic heterocycles. The summed E-state index contributed by atoms with van der Waals surface area (Å²) in [6, 6.07) is 15.6. The predicted molar refractivity (Wildman–Crippen MR) is 139 cm³/mol. The van der Waals surface area contributed by atoms with Gasteiger partial charge in [-0.25, -0.2) is 8.42 Å². The number of hydrogen-bond acceptors (Lipinski definition) is 6. The van der Waals surface area contributed by atoms with Gasteiger partial charge in [-0.05, 0) is 61.2 Å². The number of nitro groups is 1.